The van der Waals surface area contributed by atoms with Gasteiger partial charge < -0.3 is 9.73 Å². The van der Waals surface area contributed by atoms with Crippen LogP contribution < -0.4 is 5.32 Å². The third-order valence-electron chi connectivity index (χ3n) is 2.61. The van der Waals surface area contributed by atoms with E-state index in [1.807, 2.05) is 6.07 Å². The molecule has 0 atom stereocenters. The zero-order valence-corrected chi connectivity index (χ0v) is 11.4. The lowest BCUT2D eigenvalue weighted by atomic mass is 10.3. The van der Waals surface area contributed by atoms with Crippen molar-refractivity contribution in [2.24, 2.45) is 0 Å². The first-order chi connectivity index (χ1) is 10.2. The van der Waals surface area contributed by atoms with Gasteiger partial charge in [0.25, 0.3) is 6.01 Å². The van der Waals surface area contributed by atoms with Crippen molar-refractivity contribution in [1.29, 1.82) is 5.26 Å². The molecule has 0 saturated heterocycles. The molecule has 0 bridgehead atoms. The topological polar surface area (TPSA) is 87.6 Å². The number of hydrogen-bond acceptors (Lipinski definition) is 6. The fourth-order valence-electron chi connectivity index (χ4n) is 1.63. The van der Waals surface area contributed by atoms with E-state index in [1.165, 1.54) is 12.4 Å². The lowest BCUT2D eigenvalue weighted by Crippen LogP contribution is -1.91. The highest BCUT2D eigenvalue weighted by Gasteiger charge is 2.08. The number of pyridine rings is 2. The maximum absolute atomic E-state index is 8.69. The average Bonchev–Trinajstić information content (AvgIpc) is 2.97. The van der Waals surface area contributed by atoms with Gasteiger partial charge in [0.05, 0.1) is 23.1 Å². The van der Waals surface area contributed by atoms with Gasteiger partial charge in [-0.15, -0.1) is 0 Å². The highest BCUT2D eigenvalue weighted by Crippen LogP contribution is 2.23. The zero-order valence-electron chi connectivity index (χ0n) is 10.6. The SMILES string of the molecule is N#Cc1ccc(Nc2ncc(-c3ccc(Cl)cn3)o2)cn1. The number of anilines is 2. The van der Waals surface area contributed by atoms with Crippen LogP contribution in [0.1, 0.15) is 5.69 Å². The summed E-state index contributed by atoms with van der Waals surface area (Å²) in [7, 11) is 0. The van der Waals surface area contributed by atoms with Crippen LogP contribution in [0.25, 0.3) is 11.5 Å². The minimum absolute atomic E-state index is 0.313. The normalized spacial score (nSPS) is 10.1. The summed E-state index contributed by atoms with van der Waals surface area (Å²) in [5.74, 6) is 0.524. The Kier molecular flexibility index (Phi) is 3.50. The van der Waals surface area contributed by atoms with E-state index in [9.17, 15) is 0 Å². The van der Waals surface area contributed by atoms with E-state index in [2.05, 4.69) is 20.3 Å². The number of rotatable bonds is 3. The van der Waals surface area contributed by atoms with Gasteiger partial charge in [0, 0.05) is 6.20 Å². The van der Waals surface area contributed by atoms with Gasteiger partial charge >= 0.3 is 0 Å². The molecule has 0 fully saturated rings. The maximum atomic E-state index is 8.69. The molecule has 0 aliphatic rings. The summed E-state index contributed by atoms with van der Waals surface area (Å²) in [5, 5.41) is 12.2. The predicted molar refractivity (Wildman–Crippen MR) is 77.0 cm³/mol. The van der Waals surface area contributed by atoms with Gasteiger partial charge in [-0.05, 0) is 24.3 Å². The molecule has 0 spiro atoms. The first-order valence-electron chi connectivity index (χ1n) is 5.95. The molecule has 3 aromatic rings. The Morgan fingerprint density at radius 1 is 1.05 bits per heavy atom. The van der Waals surface area contributed by atoms with E-state index >= 15 is 0 Å². The summed E-state index contributed by atoms with van der Waals surface area (Å²) >= 11 is 5.79. The Hall–Kier alpha value is -2.91. The van der Waals surface area contributed by atoms with Gasteiger partial charge in [-0.1, -0.05) is 11.6 Å². The second-order valence-corrected chi connectivity index (χ2v) is 4.50. The summed E-state index contributed by atoms with van der Waals surface area (Å²) in [6.45, 7) is 0. The maximum Gasteiger partial charge on any atom is 0.299 e. The molecule has 3 heterocycles. The van der Waals surface area contributed by atoms with Crippen molar-refractivity contribution >= 4 is 23.3 Å². The minimum Gasteiger partial charge on any atom is -0.422 e. The summed E-state index contributed by atoms with van der Waals surface area (Å²) in [4.78, 5) is 12.2. The molecule has 6 nitrogen and oxygen atoms in total. The van der Waals surface area contributed by atoms with E-state index in [0.29, 0.717) is 33.9 Å². The zero-order chi connectivity index (χ0) is 14.7. The van der Waals surface area contributed by atoms with Crippen LogP contribution in [-0.4, -0.2) is 15.0 Å². The van der Waals surface area contributed by atoms with Gasteiger partial charge in [-0.25, -0.2) is 9.97 Å². The van der Waals surface area contributed by atoms with Crippen LogP contribution in [0.2, 0.25) is 5.02 Å². The number of nitrogens with one attached hydrogen (secondary N) is 1. The second-order valence-electron chi connectivity index (χ2n) is 4.06. The van der Waals surface area contributed by atoms with Crippen LogP contribution in [0.5, 0.6) is 0 Å². The van der Waals surface area contributed by atoms with Gasteiger partial charge in [0.15, 0.2) is 5.76 Å². The molecule has 0 aliphatic carbocycles. The van der Waals surface area contributed by atoms with Crippen LogP contribution in [0.4, 0.5) is 11.7 Å². The molecule has 0 unspecified atom stereocenters. The van der Waals surface area contributed by atoms with Crippen molar-refractivity contribution in [3.05, 3.63) is 53.6 Å². The first kappa shape index (κ1) is 13.1. The van der Waals surface area contributed by atoms with Gasteiger partial charge in [0.2, 0.25) is 0 Å². The van der Waals surface area contributed by atoms with Gasteiger partial charge in [-0.2, -0.15) is 5.26 Å². The summed E-state index contributed by atoms with van der Waals surface area (Å²) in [6.07, 6.45) is 4.63. The monoisotopic (exact) mass is 297 g/mol. The van der Waals surface area contributed by atoms with Crippen molar-refractivity contribution < 1.29 is 4.42 Å². The molecule has 21 heavy (non-hydrogen) atoms. The van der Waals surface area contributed by atoms with Gasteiger partial charge in [-0.3, -0.25) is 4.98 Å². The Morgan fingerprint density at radius 3 is 2.62 bits per heavy atom. The van der Waals surface area contributed by atoms with Crippen LogP contribution in [0.3, 0.4) is 0 Å². The Labute approximate surface area is 125 Å². The first-order valence-corrected chi connectivity index (χ1v) is 6.33. The lowest BCUT2D eigenvalue weighted by Gasteiger charge is -2.00. The van der Waals surface area contributed by atoms with Crippen molar-refractivity contribution in [3.63, 3.8) is 0 Å². The molecule has 0 amide bonds. The quantitative estimate of drug-likeness (QED) is 0.797. The van der Waals surface area contributed by atoms with Gasteiger partial charge in [0.1, 0.15) is 17.5 Å². The molecule has 0 saturated carbocycles. The largest absolute Gasteiger partial charge is 0.422 e. The number of halogens is 1. The third kappa shape index (κ3) is 2.99. The summed E-state index contributed by atoms with van der Waals surface area (Å²) in [6, 6.07) is 9.06. The molecule has 102 valence electrons. The fraction of sp³-hybridized carbons (Fsp3) is 0. The Balaban J connectivity index is 1.78. The third-order valence-corrected chi connectivity index (χ3v) is 2.84. The standard InChI is InChI=1S/C14H8ClN5O/c15-9-1-4-12(18-6-9)13-8-19-14(21-13)20-11-3-2-10(5-16)17-7-11/h1-4,6-8H,(H,19,20). The Bertz CT molecular complexity index is 789. The molecular formula is C14H8ClN5O. The molecule has 0 radical (unpaired) electrons. The smallest absolute Gasteiger partial charge is 0.299 e. The summed E-state index contributed by atoms with van der Waals surface area (Å²) in [5.41, 5.74) is 1.66. The minimum atomic E-state index is 0.313. The van der Waals surface area contributed by atoms with E-state index in [4.69, 9.17) is 21.3 Å². The number of oxazole rings is 1. The number of nitriles is 1. The van der Waals surface area contributed by atoms with Crippen LogP contribution in [-0.2, 0) is 0 Å². The molecule has 3 aromatic heterocycles. The average molecular weight is 298 g/mol. The van der Waals surface area contributed by atoms with Crippen LogP contribution >= 0.6 is 11.6 Å². The van der Waals surface area contributed by atoms with Crippen molar-refractivity contribution in [2.45, 2.75) is 0 Å². The lowest BCUT2D eigenvalue weighted by molar-refractivity contribution is 0.590. The van der Waals surface area contributed by atoms with E-state index < -0.39 is 0 Å². The summed E-state index contributed by atoms with van der Waals surface area (Å²) < 4.78 is 5.55. The predicted octanol–water partition coefficient (Wildman–Crippen LogP) is 3.40. The van der Waals surface area contributed by atoms with Crippen molar-refractivity contribution in [1.82, 2.24) is 15.0 Å². The molecule has 3 rings (SSSR count). The number of hydrogen-bond donors (Lipinski definition) is 1. The molecule has 0 aliphatic heterocycles. The van der Waals surface area contributed by atoms with E-state index in [1.54, 1.807) is 30.5 Å². The Morgan fingerprint density at radius 2 is 1.95 bits per heavy atom. The molecule has 1 N–H and O–H groups in total. The number of aromatic nitrogens is 3. The molecular weight excluding hydrogens is 290 g/mol. The second kappa shape index (κ2) is 5.61. The number of nitrogens with zero attached hydrogens (tertiary/aromatic N) is 4. The van der Waals surface area contributed by atoms with Crippen LogP contribution in [0, 0.1) is 11.3 Å². The van der Waals surface area contributed by atoms with Crippen molar-refractivity contribution in [2.75, 3.05) is 5.32 Å². The van der Waals surface area contributed by atoms with Crippen LogP contribution in [0.15, 0.2) is 47.3 Å². The van der Waals surface area contributed by atoms with E-state index in [-0.39, 0.29) is 0 Å². The molecule has 7 heteroatoms. The highest BCUT2D eigenvalue weighted by atomic mass is 35.5. The van der Waals surface area contributed by atoms with Crippen molar-refractivity contribution in [3.8, 4) is 17.5 Å². The fourth-order valence-corrected chi connectivity index (χ4v) is 1.74. The molecule has 0 aromatic carbocycles. The van der Waals surface area contributed by atoms with E-state index in [0.717, 1.165) is 0 Å². The highest BCUT2D eigenvalue weighted by molar-refractivity contribution is 6.30.